The minimum Gasteiger partial charge on any atom is -0.482 e. The number of carboxylic acids is 1. The lowest BCUT2D eigenvalue weighted by atomic mass is 9.95. The average Bonchev–Trinajstić information content (AvgIpc) is 3.16. The first-order valence-electron chi connectivity index (χ1n) is 11.6. The van der Waals surface area contributed by atoms with Crippen molar-refractivity contribution < 1.29 is 24.2 Å². The number of carboxylic acid groups (broad SMARTS) is 1. The molecule has 2 aromatic carbocycles. The van der Waals surface area contributed by atoms with Gasteiger partial charge < -0.3 is 19.5 Å². The summed E-state index contributed by atoms with van der Waals surface area (Å²) in [5.41, 5.74) is 2.94. The quantitative estimate of drug-likeness (QED) is 0.453. The van der Waals surface area contributed by atoms with Crippen molar-refractivity contribution in [2.75, 3.05) is 32.2 Å². The second-order valence-corrected chi connectivity index (χ2v) is 9.55. The molecule has 1 aromatic heterocycles. The molecule has 0 amide bonds. The summed E-state index contributed by atoms with van der Waals surface area (Å²) in [5.74, 6) is -1.21. The summed E-state index contributed by atoms with van der Waals surface area (Å²) in [6, 6.07) is 13.8. The van der Waals surface area contributed by atoms with E-state index < -0.39 is 24.6 Å². The lowest BCUT2D eigenvalue weighted by molar-refractivity contribution is -0.140. The van der Waals surface area contributed by atoms with Crippen molar-refractivity contribution in [3.63, 3.8) is 0 Å². The Hall–Kier alpha value is -4.18. The highest BCUT2D eigenvalue weighted by molar-refractivity contribution is 7.07. The Balaban J connectivity index is 1.85. The van der Waals surface area contributed by atoms with Gasteiger partial charge in [0.1, 0.15) is 5.75 Å². The predicted octanol–water partition coefficient (Wildman–Crippen LogP) is 2.33. The molecule has 0 fully saturated rings. The minimum absolute atomic E-state index is 0.201. The fourth-order valence-corrected chi connectivity index (χ4v) is 5.10. The molecule has 0 spiro atoms. The third kappa shape index (κ3) is 5.49. The van der Waals surface area contributed by atoms with Gasteiger partial charge in [0.2, 0.25) is 0 Å². The van der Waals surface area contributed by atoms with Gasteiger partial charge in [-0.3, -0.25) is 9.36 Å². The standard InChI is InChI=1S/C27H27N3O6S/c1-5-35-26(34)23-16(2)28-27-30(24(23)18-9-11-19(12-10-18)29(3)4)25(33)21(37-27)14-17-7-6-8-20(13-17)36-15-22(31)32/h6-14,24H,5,15H2,1-4H3,(H,31,32)/b21-14-/t24-/m1/s1. The van der Waals surface area contributed by atoms with Crippen LogP contribution < -0.4 is 24.5 Å². The van der Waals surface area contributed by atoms with Gasteiger partial charge in [-0.2, -0.15) is 0 Å². The summed E-state index contributed by atoms with van der Waals surface area (Å²) in [6.07, 6.45) is 1.70. The number of esters is 1. The molecule has 0 saturated carbocycles. The molecule has 0 aliphatic carbocycles. The SMILES string of the molecule is CCOC(=O)C1=C(C)N=c2s/c(=C\c3cccc(OCC(=O)O)c3)c(=O)n2[C@@H]1c1ccc(N(C)C)cc1. The summed E-state index contributed by atoms with van der Waals surface area (Å²) >= 11 is 1.22. The highest BCUT2D eigenvalue weighted by atomic mass is 32.1. The van der Waals surface area contributed by atoms with Gasteiger partial charge >= 0.3 is 11.9 Å². The molecule has 0 unspecified atom stereocenters. The van der Waals surface area contributed by atoms with Crippen molar-refractivity contribution in [2.45, 2.75) is 19.9 Å². The van der Waals surface area contributed by atoms with E-state index in [9.17, 15) is 14.4 Å². The number of thiazole rings is 1. The van der Waals surface area contributed by atoms with E-state index in [0.29, 0.717) is 31.9 Å². The van der Waals surface area contributed by atoms with Gasteiger partial charge in [-0.25, -0.2) is 14.6 Å². The highest BCUT2D eigenvalue weighted by Gasteiger charge is 2.33. The minimum atomic E-state index is -1.08. The number of aromatic nitrogens is 1. The number of hydrogen-bond donors (Lipinski definition) is 1. The van der Waals surface area contributed by atoms with Crippen molar-refractivity contribution in [2.24, 2.45) is 4.99 Å². The lowest BCUT2D eigenvalue weighted by Gasteiger charge is -2.25. The van der Waals surface area contributed by atoms with Crippen molar-refractivity contribution >= 4 is 35.0 Å². The van der Waals surface area contributed by atoms with Crippen molar-refractivity contribution in [3.8, 4) is 5.75 Å². The van der Waals surface area contributed by atoms with E-state index in [1.807, 2.05) is 43.3 Å². The summed E-state index contributed by atoms with van der Waals surface area (Å²) < 4.78 is 12.5. The van der Waals surface area contributed by atoms with Crippen LogP contribution >= 0.6 is 11.3 Å². The number of nitrogens with zero attached hydrogens (tertiary/aromatic N) is 3. The maximum Gasteiger partial charge on any atom is 0.341 e. The number of rotatable bonds is 8. The van der Waals surface area contributed by atoms with Gasteiger partial charge in [0.25, 0.3) is 5.56 Å². The molecule has 2 heterocycles. The molecule has 192 valence electrons. The Morgan fingerprint density at radius 1 is 1.19 bits per heavy atom. The van der Waals surface area contributed by atoms with Crippen LogP contribution in [0.2, 0.25) is 0 Å². The molecule has 3 aromatic rings. The maximum atomic E-state index is 13.7. The molecule has 1 N–H and O–H groups in total. The number of carbonyl (C=O) groups excluding carboxylic acids is 1. The maximum absolute atomic E-state index is 13.7. The van der Waals surface area contributed by atoms with E-state index in [0.717, 1.165) is 11.3 Å². The number of ether oxygens (including phenoxy) is 2. The Morgan fingerprint density at radius 3 is 2.57 bits per heavy atom. The summed E-state index contributed by atoms with van der Waals surface area (Å²) in [6.45, 7) is 3.22. The van der Waals surface area contributed by atoms with Crippen LogP contribution in [0.3, 0.4) is 0 Å². The molecule has 10 heteroatoms. The number of hydrogen-bond acceptors (Lipinski definition) is 8. The zero-order valence-corrected chi connectivity index (χ0v) is 21.7. The van der Waals surface area contributed by atoms with Crippen LogP contribution in [0.25, 0.3) is 6.08 Å². The Morgan fingerprint density at radius 2 is 1.92 bits per heavy atom. The van der Waals surface area contributed by atoms with E-state index >= 15 is 0 Å². The molecule has 1 aliphatic rings. The van der Waals surface area contributed by atoms with Gasteiger partial charge in [-0.15, -0.1) is 0 Å². The second-order valence-electron chi connectivity index (χ2n) is 8.54. The molecule has 1 aliphatic heterocycles. The molecule has 0 saturated heterocycles. The Kier molecular flexibility index (Phi) is 7.58. The van der Waals surface area contributed by atoms with Crippen molar-refractivity contribution in [1.29, 1.82) is 0 Å². The van der Waals surface area contributed by atoms with E-state index in [1.54, 1.807) is 44.2 Å². The summed E-state index contributed by atoms with van der Waals surface area (Å²) in [5, 5.41) is 8.86. The zero-order valence-electron chi connectivity index (χ0n) is 20.9. The highest BCUT2D eigenvalue weighted by Crippen LogP contribution is 2.31. The average molecular weight is 522 g/mol. The number of benzene rings is 2. The molecular weight excluding hydrogens is 494 g/mol. The third-order valence-electron chi connectivity index (χ3n) is 5.76. The first-order valence-corrected chi connectivity index (χ1v) is 12.4. The molecule has 0 bridgehead atoms. The fraction of sp³-hybridized carbons (Fsp3) is 0.259. The smallest absolute Gasteiger partial charge is 0.341 e. The van der Waals surface area contributed by atoms with Gasteiger partial charge in [-0.1, -0.05) is 35.6 Å². The van der Waals surface area contributed by atoms with Gasteiger partial charge in [0.05, 0.1) is 28.5 Å². The van der Waals surface area contributed by atoms with E-state index in [4.69, 9.17) is 14.6 Å². The summed E-state index contributed by atoms with van der Waals surface area (Å²) in [4.78, 5) is 44.6. The number of carbonyl (C=O) groups is 2. The largest absolute Gasteiger partial charge is 0.482 e. The van der Waals surface area contributed by atoms with Crippen LogP contribution in [0.1, 0.15) is 31.0 Å². The van der Waals surface area contributed by atoms with E-state index in [-0.39, 0.29) is 12.2 Å². The van der Waals surface area contributed by atoms with Crippen LogP contribution in [-0.4, -0.2) is 48.9 Å². The molecular formula is C27H27N3O6S. The van der Waals surface area contributed by atoms with Crippen LogP contribution in [-0.2, 0) is 14.3 Å². The van der Waals surface area contributed by atoms with Gasteiger partial charge in [0.15, 0.2) is 11.4 Å². The fourth-order valence-electron chi connectivity index (χ4n) is 4.05. The number of aliphatic carboxylic acids is 1. The van der Waals surface area contributed by atoms with Crippen LogP contribution in [0.4, 0.5) is 5.69 Å². The predicted molar refractivity (Wildman–Crippen MR) is 141 cm³/mol. The normalized spacial score (nSPS) is 15.1. The zero-order chi connectivity index (χ0) is 26.7. The van der Waals surface area contributed by atoms with Crippen molar-refractivity contribution in [3.05, 3.63) is 90.6 Å². The van der Waals surface area contributed by atoms with E-state index in [1.165, 1.54) is 15.9 Å². The second kappa shape index (κ2) is 10.8. The topological polar surface area (TPSA) is 110 Å². The van der Waals surface area contributed by atoms with Crippen LogP contribution in [0, 0.1) is 0 Å². The molecule has 9 nitrogen and oxygen atoms in total. The first-order chi connectivity index (χ1) is 17.7. The monoisotopic (exact) mass is 521 g/mol. The van der Waals surface area contributed by atoms with Crippen molar-refractivity contribution in [1.82, 2.24) is 4.57 Å². The number of anilines is 1. The first kappa shape index (κ1) is 25.9. The van der Waals surface area contributed by atoms with Crippen LogP contribution in [0.5, 0.6) is 5.75 Å². The molecule has 37 heavy (non-hydrogen) atoms. The molecule has 0 radical (unpaired) electrons. The van der Waals surface area contributed by atoms with Gasteiger partial charge in [0, 0.05) is 19.8 Å². The Labute approximate surface area is 217 Å². The molecule has 4 rings (SSSR count). The lowest BCUT2D eigenvalue weighted by Crippen LogP contribution is -2.39. The van der Waals surface area contributed by atoms with E-state index in [2.05, 4.69) is 4.99 Å². The van der Waals surface area contributed by atoms with Crippen LogP contribution in [0.15, 0.2) is 69.6 Å². The third-order valence-corrected chi connectivity index (χ3v) is 6.74. The number of fused-ring (bicyclic) bond motifs is 1. The number of allylic oxidation sites excluding steroid dienone is 1. The van der Waals surface area contributed by atoms with Gasteiger partial charge in [-0.05, 0) is 55.3 Å². The Bertz CT molecular complexity index is 1550. The summed E-state index contributed by atoms with van der Waals surface area (Å²) in [7, 11) is 3.88. The molecule has 1 atom stereocenters.